The normalized spacial score (nSPS) is 12.4. The molecule has 0 aromatic heterocycles. The van der Waals surface area contributed by atoms with E-state index in [1.165, 1.54) is 0 Å². The molecule has 15 nitrogen and oxygen atoms in total. The molecule has 0 amide bonds. The van der Waals surface area contributed by atoms with Crippen LogP contribution in [0, 0.1) is 0 Å². The minimum Gasteiger partial charge on any atom is -0.461 e. The van der Waals surface area contributed by atoms with Crippen LogP contribution in [0.25, 0.3) is 76.1 Å². The lowest BCUT2D eigenvalue weighted by molar-refractivity contribution is -0.146. The molecule has 95 heavy (non-hydrogen) atoms. The quantitative estimate of drug-likeness (QED) is 0.00719. The van der Waals surface area contributed by atoms with Gasteiger partial charge in [0, 0.05) is 97.3 Å². The fourth-order valence-corrected chi connectivity index (χ4v) is 11.7. The van der Waals surface area contributed by atoms with Gasteiger partial charge in [0.1, 0.15) is 19.8 Å². The van der Waals surface area contributed by atoms with Crippen molar-refractivity contribution in [1.29, 1.82) is 0 Å². The number of fused-ring (bicyclic) bond motifs is 6. The van der Waals surface area contributed by atoms with Gasteiger partial charge in [0.05, 0.1) is 38.1 Å². The number of nitrogens with one attached hydrogen (secondary N) is 3. The van der Waals surface area contributed by atoms with Crippen molar-refractivity contribution >= 4 is 88.8 Å². The SMILES string of the molecule is O=C(CCCOCC(O)CNc1cccc2cc(-c3ccc4c(NCC(O)COCCCC(=O)OCc5ccccc5)c5ccc(-c6cccc7c6cc(NCC(O)COCCCC(=O)OCc6ccccc6)c6ccccc67)cc5cc4c3)ccc12)OCc1ccccc1. The number of hydrogen-bond donors (Lipinski definition) is 6. The van der Waals surface area contributed by atoms with Crippen LogP contribution in [-0.2, 0) is 62.6 Å². The summed E-state index contributed by atoms with van der Waals surface area (Å²) in [5.41, 5.74) is 9.50. The lowest BCUT2D eigenvalue weighted by Gasteiger charge is -2.19. The van der Waals surface area contributed by atoms with Crippen molar-refractivity contribution < 1.29 is 58.1 Å². The first kappa shape index (κ1) is 66.7. The number of carbonyl (C=O) groups is 3. The van der Waals surface area contributed by atoms with Gasteiger partial charge in [-0.05, 0) is 127 Å². The Morgan fingerprint density at radius 3 is 1.27 bits per heavy atom. The summed E-state index contributed by atoms with van der Waals surface area (Å²) in [6.45, 7) is 2.63. The summed E-state index contributed by atoms with van der Waals surface area (Å²) in [7, 11) is 0. The summed E-state index contributed by atoms with van der Waals surface area (Å²) in [6.07, 6.45) is -0.334. The van der Waals surface area contributed by atoms with Gasteiger partial charge in [-0.3, -0.25) is 14.4 Å². The van der Waals surface area contributed by atoms with Crippen LogP contribution in [0.1, 0.15) is 55.2 Å². The van der Waals surface area contributed by atoms with Crippen molar-refractivity contribution in [2.45, 2.75) is 76.7 Å². The van der Waals surface area contributed by atoms with Crippen molar-refractivity contribution in [2.24, 2.45) is 0 Å². The summed E-state index contributed by atoms with van der Waals surface area (Å²) in [5.74, 6) is -0.872. The van der Waals surface area contributed by atoms with Crippen molar-refractivity contribution in [2.75, 3.05) is 75.2 Å². The molecule has 0 fully saturated rings. The van der Waals surface area contributed by atoms with Gasteiger partial charge < -0.3 is 59.7 Å². The van der Waals surface area contributed by atoms with E-state index in [2.05, 4.69) is 119 Å². The van der Waals surface area contributed by atoms with E-state index in [4.69, 9.17) is 28.4 Å². The molecule has 3 atom stereocenters. The molecule has 6 N–H and O–H groups in total. The van der Waals surface area contributed by atoms with Crippen LogP contribution in [0.3, 0.4) is 0 Å². The van der Waals surface area contributed by atoms with Gasteiger partial charge in [0.25, 0.3) is 0 Å². The third kappa shape index (κ3) is 18.8. The standard InChI is InChI=1S/C80H81N3O12/c84-64(52-90-38-14-29-77(87)93-49-55-17-4-1-5-18-55)46-81-75-28-12-23-60-41-58(32-35-68(60)75)59-33-36-69-62(42-59)44-63-43-61(34-37-70(63)80(69)83-48-66(86)54-92-40-16-31-79(89)95-51-57-21-8-3-9-22-57)67-26-13-27-72-71-24-10-11-25-73(71)76(45-74(67)72)82-47-65(85)53-91-39-15-30-78(88)94-50-56-19-6-2-7-20-56/h1-13,17-28,32-37,41-45,64-66,81-86H,14-16,29-31,38-40,46-54H2. The number of anilines is 3. The van der Waals surface area contributed by atoms with E-state index >= 15 is 0 Å². The monoisotopic (exact) mass is 1280 g/mol. The number of aliphatic hydroxyl groups is 3. The highest BCUT2D eigenvalue weighted by molar-refractivity contribution is 6.18. The summed E-state index contributed by atoms with van der Waals surface area (Å²) in [4.78, 5) is 37.0. The molecule has 0 aliphatic heterocycles. The maximum Gasteiger partial charge on any atom is 0.306 e. The lowest BCUT2D eigenvalue weighted by Crippen LogP contribution is -2.25. The Morgan fingerprint density at radius 1 is 0.337 bits per heavy atom. The minimum atomic E-state index is -0.855. The third-order valence-electron chi connectivity index (χ3n) is 16.6. The first-order valence-corrected chi connectivity index (χ1v) is 32.6. The van der Waals surface area contributed by atoms with E-state index in [9.17, 15) is 29.7 Å². The minimum absolute atomic E-state index is 0.0726. The molecule has 0 saturated carbocycles. The van der Waals surface area contributed by atoms with Gasteiger partial charge in [0.15, 0.2) is 0 Å². The number of esters is 3. The van der Waals surface area contributed by atoms with Gasteiger partial charge in [-0.2, -0.15) is 0 Å². The van der Waals surface area contributed by atoms with Crippen molar-refractivity contribution in [3.63, 3.8) is 0 Å². The predicted molar refractivity (Wildman–Crippen MR) is 377 cm³/mol. The van der Waals surface area contributed by atoms with Gasteiger partial charge in [-0.15, -0.1) is 0 Å². The number of rotatable bonds is 35. The summed E-state index contributed by atoms with van der Waals surface area (Å²) < 4.78 is 33.6. The highest BCUT2D eigenvalue weighted by atomic mass is 16.5. The Labute approximate surface area is 553 Å². The van der Waals surface area contributed by atoms with Crippen LogP contribution in [0.4, 0.5) is 17.1 Å². The van der Waals surface area contributed by atoms with Crippen LogP contribution in [0.2, 0.25) is 0 Å². The second kappa shape index (κ2) is 33.9. The average Bonchev–Trinajstić information content (AvgIpc) is 0.758. The maximum absolute atomic E-state index is 12.5. The first-order chi connectivity index (χ1) is 46.6. The van der Waals surface area contributed by atoms with Crippen LogP contribution in [0.5, 0.6) is 0 Å². The number of hydrogen-bond acceptors (Lipinski definition) is 15. The highest BCUT2D eigenvalue weighted by Crippen LogP contribution is 2.41. The highest BCUT2D eigenvalue weighted by Gasteiger charge is 2.18. The zero-order valence-corrected chi connectivity index (χ0v) is 53.3. The van der Waals surface area contributed by atoms with Gasteiger partial charge in [-0.1, -0.05) is 182 Å². The number of aliphatic hydroxyl groups excluding tert-OH is 3. The molecular formula is C80H81N3O12. The number of benzene rings is 11. The second-order valence-electron chi connectivity index (χ2n) is 23.8. The zero-order valence-electron chi connectivity index (χ0n) is 53.3. The molecule has 0 bridgehead atoms. The van der Waals surface area contributed by atoms with Crippen LogP contribution in [0.15, 0.2) is 218 Å². The first-order valence-electron chi connectivity index (χ1n) is 32.6. The van der Waals surface area contributed by atoms with Crippen LogP contribution >= 0.6 is 0 Å². The van der Waals surface area contributed by atoms with E-state index in [1.54, 1.807) is 0 Å². The third-order valence-corrected chi connectivity index (χ3v) is 16.6. The summed E-state index contributed by atoms with van der Waals surface area (Å²) >= 11 is 0. The number of ether oxygens (including phenoxy) is 6. The van der Waals surface area contributed by atoms with Crippen molar-refractivity contribution in [3.05, 3.63) is 235 Å². The van der Waals surface area contributed by atoms with Crippen LogP contribution in [-0.4, -0.2) is 111 Å². The molecule has 0 aliphatic carbocycles. The molecule has 0 heterocycles. The summed E-state index contributed by atoms with van der Waals surface area (Å²) in [6, 6.07) is 73.1. The van der Waals surface area contributed by atoms with Crippen molar-refractivity contribution in [3.8, 4) is 22.3 Å². The van der Waals surface area contributed by atoms with Crippen LogP contribution < -0.4 is 16.0 Å². The Morgan fingerprint density at radius 2 is 0.747 bits per heavy atom. The molecule has 3 unspecified atom stereocenters. The smallest absolute Gasteiger partial charge is 0.306 e. The lowest BCUT2D eigenvalue weighted by atomic mass is 9.91. The topological polar surface area (TPSA) is 203 Å². The Balaban J connectivity index is 0.782. The zero-order chi connectivity index (χ0) is 65.6. The fraction of sp³-hybridized carbons (Fsp3) is 0.263. The average molecular weight is 1280 g/mol. The maximum atomic E-state index is 12.5. The molecule has 15 heteroatoms. The predicted octanol–water partition coefficient (Wildman–Crippen LogP) is 14.7. The molecule has 11 aromatic carbocycles. The fourth-order valence-electron chi connectivity index (χ4n) is 11.7. The van der Waals surface area contributed by atoms with E-state index in [-0.39, 0.29) is 96.4 Å². The molecule has 11 rings (SSSR count). The van der Waals surface area contributed by atoms with Gasteiger partial charge in [0.2, 0.25) is 0 Å². The number of carbonyl (C=O) groups excluding carboxylic acids is 3. The largest absolute Gasteiger partial charge is 0.461 e. The molecule has 488 valence electrons. The molecule has 0 aliphatic rings. The molecular weight excluding hydrogens is 1190 g/mol. The van der Waals surface area contributed by atoms with E-state index in [0.717, 1.165) is 110 Å². The molecule has 0 spiro atoms. The molecule has 0 radical (unpaired) electrons. The second-order valence-corrected chi connectivity index (χ2v) is 23.8. The van der Waals surface area contributed by atoms with E-state index in [1.807, 2.05) is 115 Å². The molecule has 0 saturated heterocycles. The van der Waals surface area contributed by atoms with Gasteiger partial charge in [-0.25, -0.2) is 0 Å². The van der Waals surface area contributed by atoms with E-state index < -0.39 is 18.3 Å². The molecule has 11 aromatic rings. The Hall–Kier alpha value is -9.71. The van der Waals surface area contributed by atoms with Gasteiger partial charge >= 0.3 is 17.9 Å². The van der Waals surface area contributed by atoms with Crippen molar-refractivity contribution in [1.82, 2.24) is 0 Å². The Kier molecular flexibility index (Phi) is 23.8. The van der Waals surface area contributed by atoms with E-state index in [0.29, 0.717) is 39.1 Å². The Bertz CT molecular complexity index is 4340. The summed E-state index contributed by atoms with van der Waals surface area (Å²) in [5, 5.41) is 54.1.